The lowest BCUT2D eigenvalue weighted by Gasteiger charge is -2.26. The average molecular weight is 365 g/mol. The second-order valence-corrected chi connectivity index (χ2v) is 7.49. The summed E-state index contributed by atoms with van der Waals surface area (Å²) in [4.78, 5) is 3.40. The number of benzene rings is 2. The fourth-order valence-electron chi connectivity index (χ4n) is 4.20. The first-order valence-corrected chi connectivity index (χ1v) is 8.82. The van der Waals surface area contributed by atoms with E-state index in [0.717, 1.165) is 42.3 Å². The molecule has 2 aromatic carbocycles. The molecule has 23 heavy (non-hydrogen) atoms. The monoisotopic (exact) mass is 364 g/mol. The molecule has 0 saturated carbocycles. The molecule has 0 aliphatic heterocycles. The number of hydrogen-bond acceptors (Lipinski definition) is 1. The molecule has 0 heterocycles. The van der Waals surface area contributed by atoms with Gasteiger partial charge in [-0.2, -0.15) is 6.57 Å². The van der Waals surface area contributed by atoms with Crippen LogP contribution >= 0.6 is 15.9 Å². The molecule has 0 unspecified atom stereocenters. The van der Waals surface area contributed by atoms with Crippen LogP contribution in [0.5, 0.6) is 0 Å². The smallest absolute Gasteiger partial charge is 0.137 e. The van der Waals surface area contributed by atoms with Gasteiger partial charge >= 0.3 is 0 Å². The van der Waals surface area contributed by atoms with Crippen LogP contribution in [0.15, 0.2) is 52.0 Å². The minimum atomic E-state index is 0.0205. The van der Waals surface area contributed by atoms with Gasteiger partial charge in [0, 0.05) is 15.5 Å². The molecular formula is C20H17BrN2. The van der Waals surface area contributed by atoms with E-state index in [0.29, 0.717) is 0 Å². The third-order valence-electron chi connectivity index (χ3n) is 5.37. The molecule has 0 N–H and O–H groups in total. The topological polar surface area (TPSA) is 16.7 Å². The van der Waals surface area contributed by atoms with Gasteiger partial charge < -0.3 is 0 Å². The number of halogens is 1. The summed E-state index contributed by atoms with van der Waals surface area (Å²) >= 11 is 3.56. The highest BCUT2D eigenvalue weighted by Gasteiger charge is 2.45. The molecule has 0 atom stereocenters. The zero-order valence-corrected chi connectivity index (χ0v) is 14.4. The van der Waals surface area contributed by atoms with Gasteiger partial charge in [-0.3, -0.25) is 0 Å². The van der Waals surface area contributed by atoms with Crippen molar-refractivity contribution in [3.05, 3.63) is 80.7 Å². The Morgan fingerprint density at radius 1 is 1.00 bits per heavy atom. The number of aryl methyl sites for hydroxylation is 2. The molecule has 4 rings (SSSR count). The predicted molar refractivity (Wildman–Crippen MR) is 96.5 cm³/mol. The highest BCUT2D eigenvalue weighted by atomic mass is 79.9. The molecule has 0 fully saturated rings. The quantitative estimate of drug-likeness (QED) is 0.451. The van der Waals surface area contributed by atoms with E-state index in [2.05, 4.69) is 68.4 Å². The molecule has 0 amide bonds. The number of fused-ring (bicyclic) bond motifs is 2. The maximum absolute atomic E-state index is 7.27. The fourth-order valence-corrected chi connectivity index (χ4v) is 4.56. The van der Waals surface area contributed by atoms with E-state index in [-0.39, 0.29) is 5.41 Å². The molecule has 0 radical (unpaired) electrons. The van der Waals surface area contributed by atoms with Crippen molar-refractivity contribution in [1.82, 2.24) is 0 Å². The van der Waals surface area contributed by atoms with Gasteiger partial charge in [-0.05, 0) is 60.9 Å². The lowest BCUT2D eigenvalue weighted by molar-refractivity contribution is 0.375. The van der Waals surface area contributed by atoms with E-state index in [4.69, 9.17) is 6.57 Å². The SMILES string of the molecule is [C-]#[N+]N=C1c2cc(Br)ccc2CC12CCc1ccccc1CC2. The van der Waals surface area contributed by atoms with Gasteiger partial charge in [-0.25, -0.2) is 0 Å². The first-order valence-electron chi connectivity index (χ1n) is 8.02. The lowest BCUT2D eigenvalue weighted by atomic mass is 9.76. The Morgan fingerprint density at radius 2 is 1.70 bits per heavy atom. The second kappa shape index (κ2) is 5.62. The van der Waals surface area contributed by atoms with Crippen molar-refractivity contribution in [3.63, 3.8) is 0 Å². The van der Waals surface area contributed by atoms with Gasteiger partial charge in [0.1, 0.15) is 5.71 Å². The predicted octanol–water partition coefficient (Wildman–Crippen LogP) is 5.19. The van der Waals surface area contributed by atoms with Crippen molar-refractivity contribution >= 4 is 21.6 Å². The average Bonchev–Trinajstić information content (AvgIpc) is 2.73. The van der Waals surface area contributed by atoms with Crippen LogP contribution in [0.2, 0.25) is 0 Å². The van der Waals surface area contributed by atoms with Gasteiger partial charge in [0.25, 0.3) is 0 Å². The van der Waals surface area contributed by atoms with Crippen molar-refractivity contribution in [1.29, 1.82) is 0 Å². The maximum atomic E-state index is 7.27. The molecule has 2 aliphatic carbocycles. The summed E-state index contributed by atoms with van der Waals surface area (Å²) in [6, 6.07) is 15.2. The fraction of sp³-hybridized carbons (Fsp3) is 0.300. The second-order valence-electron chi connectivity index (χ2n) is 6.58. The number of hydrogen-bond donors (Lipinski definition) is 0. The lowest BCUT2D eigenvalue weighted by Crippen LogP contribution is -2.29. The molecule has 0 bridgehead atoms. The van der Waals surface area contributed by atoms with E-state index in [1.807, 2.05) is 0 Å². The Kier molecular flexibility index (Phi) is 3.58. The normalized spacial score (nSPS) is 19.9. The van der Waals surface area contributed by atoms with Crippen molar-refractivity contribution in [3.8, 4) is 0 Å². The van der Waals surface area contributed by atoms with E-state index < -0.39 is 0 Å². The molecule has 1 spiro atoms. The van der Waals surface area contributed by atoms with E-state index >= 15 is 0 Å². The van der Waals surface area contributed by atoms with E-state index in [1.54, 1.807) is 0 Å². The minimum absolute atomic E-state index is 0.0205. The van der Waals surface area contributed by atoms with Crippen LogP contribution in [0.4, 0.5) is 0 Å². The Morgan fingerprint density at radius 3 is 2.35 bits per heavy atom. The molecule has 0 aromatic heterocycles. The van der Waals surface area contributed by atoms with Crippen LogP contribution in [-0.4, -0.2) is 5.71 Å². The van der Waals surface area contributed by atoms with Crippen LogP contribution in [0.1, 0.15) is 35.1 Å². The first-order chi connectivity index (χ1) is 11.2. The summed E-state index contributed by atoms with van der Waals surface area (Å²) in [6.07, 6.45) is 5.30. The van der Waals surface area contributed by atoms with Crippen LogP contribution in [0, 0.1) is 12.0 Å². The van der Waals surface area contributed by atoms with E-state index in [1.165, 1.54) is 22.3 Å². The highest BCUT2D eigenvalue weighted by molar-refractivity contribution is 9.10. The van der Waals surface area contributed by atoms with Gasteiger partial charge in [-0.15, -0.1) is 4.95 Å². The third-order valence-corrected chi connectivity index (χ3v) is 5.87. The summed E-state index contributed by atoms with van der Waals surface area (Å²) in [5.74, 6) is 0. The van der Waals surface area contributed by atoms with E-state index in [9.17, 15) is 0 Å². The summed E-state index contributed by atoms with van der Waals surface area (Å²) in [5.41, 5.74) is 6.46. The zero-order valence-electron chi connectivity index (χ0n) is 12.8. The molecule has 2 aliphatic rings. The molecule has 114 valence electrons. The molecule has 0 saturated heterocycles. The summed E-state index contributed by atoms with van der Waals surface area (Å²) < 4.78 is 1.06. The van der Waals surface area contributed by atoms with Crippen molar-refractivity contribution in [2.24, 2.45) is 10.5 Å². The Bertz CT molecular complexity index is 818. The Labute approximate surface area is 145 Å². The van der Waals surface area contributed by atoms with Crippen LogP contribution in [0.3, 0.4) is 0 Å². The molecular weight excluding hydrogens is 348 g/mol. The van der Waals surface area contributed by atoms with Gasteiger partial charge in [-0.1, -0.05) is 46.3 Å². The van der Waals surface area contributed by atoms with Gasteiger partial charge in [0.15, 0.2) is 0 Å². The number of rotatable bonds is 0. The summed E-state index contributed by atoms with van der Waals surface area (Å²) in [5, 5.41) is 4.27. The minimum Gasteiger partial charge on any atom is -0.181 e. The van der Waals surface area contributed by atoms with Crippen molar-refractivity contribution < 1.29 is 0 Å². The van der Waals surface area contributed by atoms with Crippen LogP contribution in [0.25, 0.3) is 4.95 Å². The van der Waals surface area contributed by atoms with Gasteiger partial charge in [0.2, 0.25) is 0 Å². The van der Waals surface area contributed by atoms with Crippen molar-refractivity contribution in [2.75, 3.05) is 0 Å². The standard InChI is InChI=1S/C20H17BrN2/c1-22-23-19-18-12-17(21)7-6-16(18)13-20(19)10-8-14-4-2-3-5-15(14)9-11-20/h2-7,12H,8-11,13H2. The van der Waals surface area contributed by atoms with Gasteiger partial charge in [0.05, 0.1) is 5.10 Å². The first kappa shape index (κ1) is 14.7. The molecule has 2 aromatic rings. The molecule has 2 nitrogen and oxygen atoms in total. The number of nitrogens with zero attached hydrogens (tertiary/aromatic N) is 2. The third kappa shape index (κ3) is 2.42. The van der Waals surface area contributed by atoms with Crippen LogP contribution < -0.4 is 0 Å². The zero-order chi connectivity index (χ0) is 15.9. The maximum Gasteiger partial charge on any atom is 0.137 e. The van der Waals surface area contributed by atoms with Crippen LogP contribution in [-0.2, 0) is 19.3 Å². The summed E-state index contributed by atoms with van der Waals surface area (Å²) in [6.45, 7) is 7.27. The summed E-state index contributed by atoms with van der Waals surface area (Å²) in [7, 11) is 0. The largest absolute Gasteiger partial charge is 0.181 e. The van der Waals surface area contributed by atoms with Crippen molar-refractivity contribution in [2.45, 2.75) is 32.1 Å². The Balaban J connectivity index is 1.78. The highest BCUT2D eigenvalue weighted by Crippen LogP contribution is 2.47. The molecule has 3 heteroatoms. The Hall–Kier alpha value is -1.92.